The van der Waals surface area contributed by atoms with Gasteiger partial charge in [-0.15, -0.1) is 0 Å². The third-order valence-corrected chi connectivity index (χ3v) is 4.24. The molecule has 0 bridgehead atoms. The summed E-state index contributed by atoms with van der Waals surface area (Å²) in [5.41, 5.74) is 7.56. The van der Waals surface area contributed by atoms with E-state index in [0.717, 1.165) is 44.3 Å². The molecule has 1 saturated carbocycles. The number of primary amides is 1. The molecule has 2 N–H and O–H groups in total. The maximum absolute atomic E-state index is 11.7. The quantitative estimate of drug-likeness (QED) is 0.888. The number of fused-ring (bicyclic) bond motifs is 1. The van der Waals surface area contributed by atoms with E-state index in [1.54, 1.807) is 0 Å². The number of carbonyl (C=O) groups excluding carboxylic acids is 1. The van der Waals surface area contributed by atoms with Gasteiger partial charge in [0.25, 0.3) is 5.91 Å². The van der Waals surface area contributed by atoms with E-state index in [4.69, 9.17) is 10.5 Å². The van der Waals surface area contributed by atoms with Gasteiger partial charge in [0, 0.05) is 0 Å². The molecular weight excluding hydrogens is 226 g/mol. The Hall–Kier alpha value is -1.51. The van der Waals surface area contributed by atoms with E-state index >= 15 is 0 Å². The Bertz CT molecular complexity index is 475. The van der Waals surface area contributed by atoms with Crippen LogP contribution in [0, 0.1) is 0 Å². The number of ether oxygens (including phenoxy) is 1. The summed E-state index contributed by atoms with van der Waals surface area (Å²) in [6.07, 6.45) is 7.05. The molecule has 1 aromatic carbocycles. The van der Waals surface area contributed by atoms with Gasteiger partial charge in [0.1, 0.15) is 5.75 Å². The van der Waals surface area contributed by atoms with Crippen LogP contribution in [0.3, 0.4) is 0 Å². The summed E-state index contributed by atoms with van der Waals surface area (Å²) in [5, 5.41) is 0. The van der Waals surface area contributed by atoms with Crippen LogP contribution in [-0.4, -0.2) is 11.5 Å². The van der Waals surface area contributed by atoms with Crippen molar-refractivity contribution in [3.63, 3.8) is 0 Å². The van der Waals surface area contributed by atoms with Crippen LogP contribution >= 0.6 is 0 Å². The second-order valence-corrected chi connectivity index (χ2v) is 5.45. The number of hydrogen-bond acceptors (Lipinski definition) is 2. The van der Waals surface area contributed by atoms with Crippen LogP contribution in [0.2, 0.25) is 0 Å². The maximum atomic E-state index is 11.7. The fourth-order valence-corrected chi connectivity index (χ4v) is 3.18. The standard InChI is InChI=1S/C15H19NO2/c16-14(17)15(8-1-2-9-15)18-13-7-6-11-4-3-5-12(11)10-13/h6-7,10H,1-5,8-9H2,(H2,16,17). The van der Waals surface area contributed by atoms with Crippen molar-refractivity contribution >= 4 is 5.91 Å². The molecule has 3 rings (SSSR count). The van der Waals surface area contributed by atoms with E-state index < -0.39 is 5.60 Å². The lowest BCUT2D eigenvalue weighted by Crippen LogP contribution is -2.46. The van der Waals surface area contributed by atoms with Crippen molar-refractivity contribution in [2.75, 3.05) is 0 Å². The summed E-state index contributed by atoms with van der Waals surface area (Å²) >= 11 is 0. The van der Waals surface area contributed by atoms with E-state index in [1.807, 2.05) is 6.07 Å². The monoisotopic (exact) mass is 245 g/mol. The fourth-order valence-electron chi connectivity index (χ4n) is 3.18. The molecule has 0 unspecified atom stereocenters. The van der Waals surface area contributed by atoms with E-state index in [9.17, 15) is 4.79 Å². The highest BCUT2D eigenvalue weighted by atomic mass is 16.5. The summed E-state index contributed by atoms with van der Waals surface area (Å²) in [7, 11) is 0. The van der Waals surface area contributed by atoms with Crippen molar-refractivity contribution in [3.8, 4) is 5.75 Å². The number of rotatable bonds is 3. The summed E-state index contributed by atoms with van der Waals surface area (Å²) in [4.78, 5) is 11.7. The second-order valence-electron chi connectivity index (χ2n) is 5.45. The maximum Gasteiger partial charge on any atom is 0.261 e. The third kappa shape index (κ3) is 1.88. The molecule has 0 aromatic heterocycles. The predicted octanol–water partition coefficient (Wildman–Crippen LogP) is 2.35. The first kappa shape index (κ1) is 11.6. The molecule has 2 aliphatic rings. The summed E-state index contributed by atoms with van der Waals surface area (Å²) in [5.74, 6) is 0.483. The molecule has 0 spiro atoms. The highest BCUT2D eigenvalue weighted by Crippen LogP contribution is 2.35. The third-order valence-electron chi connectivity index (χ3n) is 4.24. The number of nitrogens with two attached hydrogens (primary N) is 1. The molecule has 0 atom stereocenters. The molecule has 3 heteroatoms. The molecule has 0 radical (unpaired) electrons. The lowest BCUT2D eigenvalue weighted by Gasteiger charge is -2.27. The number of amides is 1. The number of hydrogen-bond donors (Lipinski definition) is 1. The molecule has 96 valence electrons. The normalized spacial score (nSPS) is 20.7. The van der Waals surface area contributed by atoms with Gasteiger partial charge in [0.05, 0.1) is 0 Å². The Morgan fingerprint density at radius 1 is 1.11 bits per heavy atom. The molecule has 18 heavy (non-hydrogen) atoms. The van der Waals surface area contributed by atoms with Crippen molar-refractivity contribution < 1.29 is 9.53 Å². The summed E-state index contributed by atoms with van der Waals surface area (Å²) in [6, 6.07) is 6.19. The van der Waals surface area contributed by atoms with Gasteiger partial charge in [-0.1, -0.05) is 6.07 Å². The second kappa shape index (κ2) is 4.30. The van der Waals surface area contributed by atoms with Crippen LogP contribution in [0.25, 0.3) is 0 Å². The molecule has 2 aliphatic carbocycles. The van der Waals surface area contributed by atoms with Crippen LogP contribution < -0.4 is 10.5 Å². The Morgan fingerprint density at radius 2 is 1.83 bits per heavy atom. The van der Waals surface area contributed by atoms with Crippen LogP contribution in [-0.2, 0) is 17.6 Å². The van der Waals surface area contributed by atoms with Gasteiger partial charge in [0.2, 0.25) is 0 Å². The van der Waals surface area contributed by atoms with Crippen molar-refractivity contribution in [1.29, 1.82) is 0 Å². The average Bonchev–Trinajstić information content (AvgIpc) is 2.97. The highest BCUT2D eigenvalue weighted by molar-refractivity contribution is 5.84. The molecule has 0 aliphatic heterocycles. The largest absolute Gasteiger partial charge is 0.477 e. The lowest BCUT2D eigenvalue weighted by molar-refractivity contribution is -0.132. The molecule has 0 saturated heterocycles. The zero-order chi connectivity index (χ0) is 12.6. The van der Waals surface area contributed by atoms with Crippen molar-refractivity contribution in [2.24, 2.45) is 5.73 Å². The molecule has 0 heterocycles. The Balaban J connectivity index is 1.85. The van der Waals surface area contributed by atoms with E-state index in [-0.39, 0.29) is 5.91 Å². The first-order chi connectivity index (χ1) is 8.70. The van der Waals surface area contributed by atoms with Crippen LogP contribution in [0.15, 0.2) is 18.2 Å². The minimum Gasteiger partial charge on any atom is -0.477 e. The van der Waals surface area contributed by atoms with Gasteiger partial charge in [-0.2, -0.15) is 0 Å². The van der Waals surface area contributed by atoms with Gasteiger partial charge in [0.15, 0.2) is 5.60 Å². The molecule has 1 fully saturated rings. The SMILES string of the molecule is NC(=O)C1(Oc2ccc3c(c2)CCC3)CCCC1. The Kier molecular flexibility index (Phi) is 2.77. The van der Waals surface area contributed by atoms with Gasteiger partial charge in [-0.25, -0.2) is 0 Å². The first-order valence-corrected chi connectivity index (χ1v) is 6.80. The van der Waals surface area contributed by atoms with Gasteiger partial charge < -0.3 is 10.5 Å². The fraction of sp³-hybridized carbons (Fsp3) is 0.533. The van der Waals surface area contributed by atoms with E-state index in [1.165, 1.54) is 17.5 Å². The molecular formula is C15H19NO2. The minimum atomic E-state index is -0.757. The topological polar surface area (TPSA) is 52.3 Å². The molecule has 3 nitrogen and oxygen atoms in total. The smallest absolute Gasteiger partial charge is 0.261 e. The highest BCUT2D eigenvalue weighted by Gasteiger charge is 2.42. The number of aryl methyl sites for hydroxylation is 2. The van der Waals surface area contributed by atoms with Gasteiger partial charge in [-0.05, 0) is 68.2 Å². The van der Waals surface area contributed by atoms with Crippen LogP contribution in [0.4, 0.5) is 0 Å². The van der Waals surface area contributed by atoms with Crippen LogP contribution in [0.5, 0.6) is 5.75 Å². The molecule has 1 amide bonds. The van der Waals surface area contributed by atoms with E-state index in [2.05, 4.69) is 12.1 Å². The van der Waals surface area contributed by atoms with E-state index in [0.29, 0.717) is 0 Å². The number of carbonyl (C=O) groups is 1. The van der Waals surface area contributed by atoms with Crippen molar-refractivity contribution in [1.82, 2.24) is 0 Å². The summed E-state index contributed by atoms with van der Waals surface area (Å²) < 4.78 is 5.98. The van der Waals surface area contributed by atoms with Crippen molar-refractivity contribution in [2.45, 2.75) is 50.5 Å². The average molecular weight is 245 g/mol. The Labute approximate surface area is 107 Å². The predicted molar refractivity (Wildman–Crippen MR) is 69.5 cm³/mol. The summed E-state index contributed by atoms with van der Waals surface area (Å²) in [6.45, 7) is 0. The molecule has 1 aromatic rings. The minimum absolute atomic E-state index is 0.319. The number of benzene rings is 1. The Morgan fingerprint density at radius 3 is 2.56 bits per heavy atom. The van der Waals surface area contributed by atoms with Gasteiger partial charge in [-0.3, -0.25) is 4.79 Å². The first-order valence-electron chi connectivity index (χ1n) is 6.80. The van der Waals surface area contributed by atoms with Crippen LogP contribution in [0.1, 0.15) is 43.2 Å². The zero-order valence-corrected chi connectivity index (χ0v) is 10.6. The van der Waals surface area contributed by atoms with Crippen molar-refractivity contribution in [3.05, 3.63) is 29.3 Å². The van der Waals surface area contributed by atoms with Gasteiger partial charge >= 0.3 is 0 Å². The lowest BCUT2D eigenvalue weighted by atomic mass is 10.0. The zero-order valence-electron chi connectivity index (χ0n) is 10.6.